The predicted molar refractivity (Wildman–Crippen MR) is 88.1 cm³/mol. The summed E-state index contributed by atoms with van der Waals surface area (Å²) in [4.78, 5) is 39.3. The van der Waals surface area contributed by atoms with Gasteiger partial charge in [-0.05, 0) is 25.0 Å². The number of amides is 2. The number of piperidine rings is 1. The van der Waals surface area contributed by atoms with Gasteiger partial charge in [0.15, 0.2) is 0 Å². The quantitative estimate of drug-likeness (QED) is 0.764. The van der Waals surface area contributed by atoms with E-state index in [1.165, 1.54) is 18.1 Å². The van der Waals surface area contributed by atoms with Crippen molar-refractivity contribution >= 4 is 23.5 Å². The summed E-state index contributed by atoms with van der Waals surface area (Å²) in [6, 6.07) is 3.01. The number of rotatable bonds is 3. The Kier molecular flexibility index (Phi) is 5.20. The van der Waals surface area contributed by atoms with E-state index in [1.54, 1.807) is 4.90 Å². The standard InChI is InChI=1S/C18H20F2N2O4/c1-26-18(25)11-4-6-21(7-5-11)17(24)12-8-16(23)22(10-12)15-3-2-13(19)9-14(15)20/h2-3,9,11-12H,4-8,10H2,1H3/t12-/m1/s1. The summed E-state index contributed by atoms with van der Waals surface area (Å²) in [5.74, 6) is -3.14. The molecule has 0 bridgehead atoms. The number of halogens is 2. The maximum Gasteiger partial charge on any atom is 0.308 e. The van der Waals surface area contributed by atoms with Crippen LogP contribution < -0.4 is 4.90 Å². The number of anilines is 1. The Morgan fingerprint density at radius 1 is 1.15 bits per heavy atom. The molecule has 1 aromatic carbocycles. The van der Waals surface area contributed by atoms with E-state index in [2.05, 4.69) is 0 Å². The van der Waals surface area contributed by atoms with Crippen molar-refractivity contribution in [3.05, 3.63) is 29.8 Å². The van der Waals surface area contributed by atoms with Crippen molar-refractivity contribution in [1.82, 2.24) is 4.90 Å². The van der Waals surface area contributed by atoms with Gasteiger partial charge in [-0.1, -0.05) is 0 Å². The molecule has 0 radical (unpaired) electrons. The Balaban J connectivity index is 1.63. The molecule has 2 aliphatic rings. The molecular formula is C18H20F2N2O4. The minimum atomic E-state index is -0.828. The molecule has 2 heterocycles. The second-order valence-electron chi connectivity index (χ2n) is 6.62. The lowest BCUT2D eigenvalue weighted by molar-refractivity contribution is -0.149. The Morgan fingerprint density at radius 2 is 1.85 bits per heavy atom. The summed E-state index contributed by atoms with van der Waals surface area (Å²) >= 11 is 0. The molecule has 2 amide bonds. The van der Waals surface area contributed by atoms with Gasteiger partial charge < -0.3 is 14.5 Å². The summed E-state index contributed by atoms with van der Waals surface area (Å²) in [5.41, 5.74) is -0.0175. The van der Waals surface area contributed by atoms with Crippen molar-refractivity contribution in [1.29, 1.82) is 0 Å². The van der Waals surface area contributed by atoms with Crippen LogP contribution in [0.15, 0.2) is 18.2 Å². The molecule has 0 spiro atoms. The SMILES string of the molecule is COC(=O)C1CCN(C(=O)[C@@H]2CC(=O)N(c3ccc(F)cc3F)C2)CC1. The summed E-state index contributed by atoms with van der Waals surface area (Å²) < 4.78 is 31.7. The van der Waals surface area contributed by atoms with E-state index >= 15 is 0 Å². The first kappa shape index (κ1) is 18.3. The van der Waals surface area contributed by atoms with E-state index in [1.807, 2.05) is 0 Å². The highest BCUT2D eigenvalue weighted by Gasteiger charge is 2.39. The van der Waals surface area contributed by atoms with Gasteiger partial charge >= 0.3 is 5.97 Å². The van der Waals surface area contributed by atoms with Gasteiger partial charge in [0.2, 0.25) is 11.8 Å². The zero-order valence-corrected chi connectivity index (χ0v) is 14.4. The minimum Gasteiger partial charge on any atom is -0.469 e. The fraction of sp³-hybridized carbons (Fsp3) is 0.500. The number of hydrogen-bond donors (Lipinski definition) is 0. The van der Waals surface area contributed by atoms with Crippen molar-refractivity contribution < 1.29 is 27.9 Å². The largest absolute Gasteiger partial charge is 0.469 e. The highest BCUT2D eigenvalue weighted by molar-refractivity contribution is 6.00. The topological polar surface area (TPSA) is 66.9 Å². The third-order valence-electron chi connectivity index (χ3n) is 5.02. The number of esters is 1. The first-order chi connectivity index (χ1) is 12.4. The van der Waals surface area contributed by atoms with Crippen molar-refractivity contribution in [3.63, 3.8) is 0 Å². The zero-order valence-electron chi connectivity index (χ0n) is 14.4. The number of ether oxygens (including phenoxy) is 1. The van der Waals surface area contributed by atoms with Gasteiger partial charge in [-0.3, -0.25) is 14.4 Å². The molecule has 2 fully saturated rings. The lowest BCUT2D eigenvalue weighted by atomic mass is 9.95. The molecule has 0 aromatic heterocycles. The Labute approximate surface area is 149 Å². The number of nitrogens with zero attached hydrogens (tertiary/aromatic N) is 2. The average molecular weight is 366 g/mol. The average Bonchev–Trinajstić information content (AvgIpc) is 3.02. The molecule has 140 valence electrons. The number of carbonyl (C=O) groups excluding carboxylic acids is 3. The van der Waals surface area contributed by atoms with Crippen molar-refractivity contribution in [2.75, 3.05) is 31.6 Å². The normalized spacial score (nSPS) is 21.2. The number of hydrogen-bond acceptors (Lipinski definition) is 4. The van der Waals surface area contributed by atoms with E-state index in [9.17, 15) is 23.2 Å². The molecule has 6 nitrogen and oxygen atoms in total. The van der Waals surface area contributed by atoms with Crippen LogP contribution in [-0.4, -0.2) is 49.4 Å². The zero-order chi connectivity index (χ0) is 18.8. The lowest BCUT2D eigenvalue weighted by Crippen LogP contribution is -2.43. The second-order valence-corrected chi connectivity index (χ2v) is 6.62. The molecule has 0 unspecified atom stereocenters. The molecule has 2 aliphatic heterocycles. The Morgan fingerprint density at radius 3 is 2.46 bits per heavy atom. The molecule has 1 atom stereocenters. The summed E-state index contributed by atoms with van der Waals surface area (Å²) in [6.07, 6.45) is 1.04. The Bertz CT molecular complexity index is 732. The van der Waals surface area contributed by atoms with Crippen LogP contribution >= 0.6 is 0 Å². The van der Waals surface area contributed by atoms with Crippen molar-refractivity contribution in [2.24, 2.45) is 11.8 Å². The highest BCUT2D eigenvalue weighted by atomic mass is 19.1. The number of likely N-dealkylation sites (tertiary alicyclic amines) is 1. The van der Waals surface area contributed by atoms with Gasteiger partial charge in [0.1, 0.15) is 11.6 Å². The molecule has 1 aromatic rings. The van der Waals surface area contributed by atoms with Crippen LogP contribution in [-0.2, 0) is 19.1 Å². The maximum absolute atomic E-state index is 13.9. The van der Waals surface area contributed by atoms with Gasteiger partial charge in [0.05, 0.1) is 24.6 Å². The number of carbonyl (C=O) groups is 3. The van der Waals surface area contributed by atoms with E-state index < -0.39 is 17.6 Å². The van der Waals surface area contributed by atoms with Crippen LogP contribution in [0.25, 0.3) is 0 Å². The molecule has 0 N–H and O–H groups in total. The predicted octanol–water partition coefficient (Wildman–Crippen LogP) is 1.73. The van der Waals surface area contributed by atoms with Gasteiger partial charge in [-0.15, -0.1) is 0 Å². The highest BCUT2D eigenvalue weighted by Crippen LogP contribution is 2.30. The fourth-order valence-electron chi connectivity index (χ4n) is 3.57. The number of methoxy groups -OCH3 is 1. The first-order valence-corrected chi connectivity index (χ1v) is 8.52. The van der Waals surface area contributed by atoms with Gasteiger partial charge in [-0.25, -0.2) is 8.78 Å². The summed E-state index contributed by atoms with van der Waals surface area (Å²) in [6.45, 7) is 0.916. The number of benzene rings is 1. The van der Waals surface area contributed by atoms with E-state index in [-0.39, 0.29) is 42.4 Å². The van der Waals surface area contributed by atoms with E-state index in [4.69, 9.17) is 4.74 Å². The van der Waals surface area contributed by atoms with Gasteiger partial charge in [-0.2, -0.15) is 0 Å². The van der Waals surface area contributed by atoms with Crippen molar-refractivity contribution in [2.45, 2.75) is 19.3 Å². The van der Waals surface area contributed by atoms with Crippen LogP contribution in [0.2, 0.25) is 0 Å². The molecule has 2 saturated heterocycles. The fourth-order valence-corrected chi connectivity index (χ4v) is 3.57. The smallest absolute Gasteiger partial charge is 0.308 e. The van der Waals surface area contributed by atoms with Crippen LogP contribution in [0.4, 0.5) is 14.5 Å². The third-order valence-corrected chi connectivity index (χ3v) is 5.02. The van der Waals surface area contributed by atoms with Gasteiger partial charge in [0, 0.05) is 32.1 Å². The van der Waals surface area contributed by atoms with Crippen LogP contribution in [0, 0.1) is 23.5 Å². The van der Waals surface area contributed by atoms with Crippen LogP contribution in [0.3, 0.4) is 0 Å². The van der Waals surface area contributed by atoms with Crippen LogP contribution in [0.5, 0.6) is 0 Å². The Hall–Kier alpha value is -2.51. The molecule has 3 rings (SSSR count). The van der Waals surface area contributed by atoms with Crippen molar-refractivity contribution in [3.8, 4) is 0 Å². The monoisotopic (exact) mass is 366 g/mol. The third kappa shape index (κ3) is 3.54. The molecule has 8 heteroatoms. The van der Waals surface area contributed by atoms with E-state index in [0.29, 0.717) is 25.9 Å². The van der Waals surface area contributed by atoms with Gasteiger partial charge in [0.25, 0.3) is 0 Å². The lowest BCUT2D eigenvalue weighted by Gasteiger charge is -2.32. The van der Waals surface area contributed by atoms with E-state index in [0.717, 1.165) is 12.1 Å². The molecule has 0 saturated carbocycles. The summed E-state index contributed by atoms with van der Waals surface area (Å²) in [5, 5.41) is 0. The summed E-state index contributed by atoms with van der Waals surface area (Å²) in [7, 11) is 1.34. The maximum atomic E-state index is 13.9. The first-order valence-electron chi connectivity index (χ1n) is 8.52. The second kappa shape index (κ2) is 7.39. The molecular weight excluding hydrogens is 346 g/mol. The minimum absolute atomic E-state index is 0.00736. The molecule has 26 heavy (non-hydrogen) atoms. The van der Waals surface area contributed by atoms with Crippen LogP contribution in [0.1, 0.15) is 19.3 Å². The molecule has 0 aliphatic carbocycles.